The monoisotopic (exact) mass is 396 g/mol. The fourth-order valence-corrected chi connectivity index (χ4v) is 3.83. The molecule has 1 saturated heterocycles. The third-order valence-corrected chi connectivity index (χ3v) is 5.51. The van der Waals surface area contributed by atoms with E-state index in [1.165, 1.54) is 44.5 Å². The van der Waals surface area contributed by atoms with Gasteiger partial charge in [0.05, 0.1) is 5.69 Å². The van der Waals surface area contributed by atoms with Gasteiger partial charge >= 0.3 is 0 Å². The fourth-order valence-electron chi connectivity index (χ4n) is 3.83. The van der Waals surface area contributed by atoms with Crippen molar-refractivity contribution >= 4 is 5.96 Å². The number of nitrogens with zero attached hydrogens (tertiary/aromatic N) is 4. The summed E-state index contributed by atoms with van der Waals surface area (Å²) in [5, 5.41) is 11.1. The summed E-state index contributed by atoms with van der Waals surface area (Å²) in [4.78, 5) is 7.44. The highest BCUT2D eigenvalue weighted by molar-refractivity contribution is 5.79. The molecule has 0 bridgehead atoms. The zero-order valence-electron chi connectivity index (χ0n) is 18.0. The molecule has 2 aromatic rings. The maximum absolute atomic E-state index is 4.85. The highest BCUT2D eigenvalue weighted by Gasteiger charge is 2.18. The number of hydrogen-bond acceptors (Lipinski definition) is 3. The van der Waals surface area contributed by atoms with Crippen LogP contribution in [0.4, 0.5) is 0 Å². The summed E-state index contributed by atoms with van der Waals surface area (Å²) in [6.45, 7) is 10.8. The maximum Gasteiger partial charge on any atom is 0.191 e. The van der Waals surface area contributed by atoms with Gasteiger partial charge in [-0.1, -0.05) is 19.1 Å². The zero-order chi connectivity index (χ0) is 20.3. The lowest BCUT2D eigenvalue weighted by molar-refractivity contribution is 0.188. The van der Waals surface area contributed by atoms with Crippen molar-refractivity contribution in [3.63, 3.8) is 0 Å². The van der Waals surface area contributed by atoms with Crippen molar-refractivity contribution in [1.29, 1.82) is 0 Å². The Kier molecular flexibility index (Phi) is 8.56. The number of rotatable bonds is 9. The molecule has 3 rings (SSSR count). The van der Waals surface area contributed by atoms with Crippen LogP contribution >= 0.6 is 0 Å². The van der Waals surface area contributed by atoms with Gasteiger partial charge in [0, 0.05) is 32.0 Å². The minimum atomic E-state index is 0.716. The van der Waals surface area contributed by atoms with Gasteiger partial charge in [-0.05, 0) is 81.9 Å². The van der Waals surface area contributed by atoms with E-state index in [2.05, 4.69) is 58.7 Å². The van der Waals surface area contributed by atoms with Crippen molar-refractivity contribution in [2.75, 3.05) is 39.3 Å². The molecule has 1 aliphatic heterocycles. The van der Waals surface area contributed by atoms with Gasteiger partial charge < -0.3 is 15.5 Å². The van der Waals surface area contributed by atoms with Gasteiger partial charge in [-0.2, -0.15) is 5.10 Å². The standard InChI is InChI=1S/C23H36N6/c1-3-15-28-17-11-21(12-18-28)19-26-23(24-4-2)25-14-10-20-6-8-22(9-7-20)29-16-5-13-27-29/h5-9,13,16,21H,3-4,10-12,14-15,17-19H2,1-2H3,(H2,24,25,26). The SMILES string of the molecule is CCCN1CCC(CN=C(NCC)NCCc2ccc(-n3cccn3)cc2)CC1. The van der Waals surface area contributed by atoms with Crippen LogP contribution in [0.15, 0.2) is 47.7 Å². The second-order valence-corrected chi connectivity index (χ2v) is 7.80. The normalized spacial score (nSPS) is 16.1. The van der Waals surface area contributed by atoms with Gasteiger partial charge in [0.25, 0.3) is 0 Å². The summed E-state index contributed by atoms with van der Waals surface area (Å²) in [5.41, 5.74) is 2.40. The van der Waals surface area contributed by atoms with Crippen molar-refractivity contribution in [3.8, 4) is 5.69 Å². The van der Waals surface area contributed by atoms with Crippen molar-refractivity contribution in [3.05, 3.63) is 48.3 Å². The van der Waals surface area contributed by atoms with Crippen LogP contribution < -0.4 is 10.6 Å². The second kappa shape index (κ2) is 11.6. The molecule has 158 valence electrons. The third kappa shape index (κ3) is 6.89. The molecule has 0 aliphatic carbocycles. The lowest BCUT2D eigenvalue weighted by atomic mass is 9.97. The highest BCUT2D eigenvalue weighted by atomic mass is 15.3. The molecule has 0 atom stereocenters. The lowest BCUT2D eigenvalue weighted by Gasteiger charge is -2.31. The average molecular weight is 397 g/mol. The molecule has 2 heterocycles. The van der Waals surface area contributed by atoms with Gasteiger partial charge in [-0.25, -0.2) is 4.68 Å². The molecular formula is C23H36N6. The first-order valence-corrected chi connectivity index (χ1v) is 11.1. The molecular weight excluding hydrogens is 360 g/mol. The smallest absolute Gasteiger partial charge is 0.191 e. The maximum atomic E-state index is 4.85. The minimum absolute atomic E-state index is 0.716. The van der Waals surface area contributed by atoms with E-state index < -0.39 is 0 Å². The van der Waals surface area contributed by atoms with Gasteiger partial charge in [0.2, 0.25) is 0 Å². The Labute approximate surface area is 175 Å². The highest BCUT2D eigenvalue weighted by Crippen LogP contribution is 2.17. The Morgan fingerprint density at radius 1 is 1.14 bits per heavy atom. The van der Waals surface area contributed by atoms with E-state index in [1.807, 2.05) is 16.9 Å². The van der Waals surface area contributed by atoms with Crippen molar-refractivity contribution in [2.45, 2.75) is 39.5 Å². The summed E-state index contributed by atoms with van der Waals surface area (Å²) in [6.07, 6.45) is 8.52. The molecule has 2 N–H and O–H groups in total. The Morgan fingerprint density at radius 2 is 1.93 bits per heavy atom. The number of aromatic nitrogens is 2. The molecule has 0 spiro atoms. The van der Waals surface area contributed by atoms with E-state index >= 15 is 0 Å². The summed E-state index contributed by atoms with van der Waals surface area (Å²) in [6, 6.07) is 10.5. The molecule has 1 fully saturated rings. The number of benzene rings is 1. The Hall–Kier alpha value is -2.34. The molecule has 1 aromatic carbocycles. The minimum Gasteiger partial charge on any atom is -0.357 e. The van der Waals surface area contributed by atoms with Crippen molar-refractivity contribution in [2.24, 2.45) is 10.9 Å². The van der Waals surface area contributed by atoms with E-state index in [1.54, 1.807) is 6.20 Å². The number of guanidine groups is 1. The molecule has 1 aromatic heterocycles. The molecule has 0 unspecified atom stereocenters. The molecule has 6 heteroatoms. The Bertz CT molecular complexity index is 714. The Balaban J connectivity index is 1.42. The predicted octanol–water partition coefficient (Wildman–Crippen LogP) is 3.09. The number of likely N-dealkylation sites (tertiary alicyclic amines) is 1. The van der Waals surface area contributed by atoms with Crippen LogP contribution in [-0.4, -0.2) is 59.9 Å². The van der Waals surface area contributed by atoms with Gasteiger partial charge in [0.15, 0.2) is 5.96 Å². The average Bonchev–Trinajstić information content (AvgIpc) is 3.29. The van der Waals surface area contributed by atoms with Gasteiger partial charge in [-0.15, -0.1) is 0 Å². The zero-order valence-corrected chi connectivity index (χ0v) is 18.0. The van der Waals surface area contributed by atoms with Crippen molar-refractivity contribution in [1.82, 2.24) is 25.3 Å². The fraction of sp³-hybridized carbons (Fsp3) is 0.565. The molecule has 0 radical (unpaired) electrons. The summed E-state index contributed by atoms with van der Waals surface area (Å²) in [5.74, 6) is 1.66. The molecule has 6 nitrogen and oxygen atoms in total. The number of nitrogens with one attached hydrogen (secondary N) is 2. The molecule has 29 heavy (non-hydrogen) atoms. The van der Waals surface area contributed by atoms with Crippen LogP contribution in [0.2, 0.25) is 0 Å². The first-order valence-electron chi connectivity index (χ1n) is 11.1. The van der Waals surface area contributed by atoms with E-state index in [9.17, 15) is 0 Å². The summed E-state index contributed by atoms with van der Waals surface area (Å²) >= 11 is 0. The topological polar surface area (TPSA) is 57.5 Å². The number of hydrogen-bond donors (Lipinski definition) is 2. The summed E-state index contributed by atoms with van der Waals surface area (Å²) in [7, 11) is 0. The Morgan fingerprint density at radius 3 is 2.59 bits per heavy atom. The predicted molar refractivity (Wildman–Crippen MR) is 121 cm³/mol. The van der Waals surface area contributed by atoms with Crippen LogP contribution in [-0.2, 0) is 6.42 Å². The number of piperidine rings is 1. The largest absolute Gasteiger partial charge is 0.357 e. The van der Waals surface area contributed by atoms with E-state index in [-0.39, 0.29) is 0 Å². The van der Waals surface area contributed by atoms with Crippen molar-refractivity contribution < 1.29 is 0 Å². The summed E-state index contributed by atoms with van der Waals surface area (Å²) < 4.78 is 1.88. The van der Waals surface area contributed by atoms with Crippen LogP contribution in [0.1, 0.15) is 38.7 Å². The molecule has 0 amide bonds. The third-order valence-electron chi connectivity index (χ3n) is 5.51. The first kappa shape index (κ1) is 21.4. The quantitative estimate of drug-likeness (QED) is 0.505. The van der Waals surface area contributed by atoms with Crippen LogP contribution in [0, 0.1) is 5.92 Å². The van der Waals surface area contributed by atoms with Gasteiger partial charge in [0.1, 0.15) is 0 Å². The lowest BCUT2D eigenvalue weighted by Crippen LogP contribution is -2.39. The molecule has 0 saturated carbocycles. The van der Waals surface area contributed by atoms with E-state index in [0.29, 0.717) is 5.92 Å². The van der Waals surface area contributed by atoms with Crippen LogP contribution in [0.25, 0.3) is 5.69 Å². The first-order chi connectivity index (χ1) is 14.3. The van der Waals surface area contributed by atoms with Crippen LogP contribution in [0.3, 0.4) is 0 Å². The molecule has 1 aliphatic rings. The number of aliphatic imine (C=N–C) groups is 1. The van der Waals surface area contributed by atoms with E-state index in [4.69, 9.17) is 4.99 Å². The second-order valence-electron chi connectivity index (χ2n) is 7.80. The van der Waals surface area contributed by atoms with Gasteiger partial charge in [-0.3, -0.25) is 4.99 Å². The van der Waals surface area contributed by atoms with E-state index in [0.717, 1.165) is 37.7 Å². The van der Waals surface area contributed by atoms with Crippen LogP contribution in [0.5, 0.6) is 0 Å².